The Morgan fingerprint density at radius 2 is 1.54 bits per heavy atom. The lowest BCUT2D eigenvalue weighted by molar-refractivity contribution is 0.102. The summed E-state index contributed by atoms with van der Waals surface area (Å²) in [5.41, 5.74) is 3.63. The molecule has 0 atom stereocenters. The molecule has 0 fully saturated rings. The van der Waals surface area contributed by atoms with Crippen LogP contribution in [0.2, 0.25) is 0 Å². The number of hydrogen-bond donors (Lipinski definition) is 1. The van der Waals surface area contributed by atoms with Crippen LogP contribution in [0.25, 0.3) is 0 Å². The van der Waals surface area contributed by atoms with Crippen LogP contribution < -0.4 is 14.8 Å². The van der Waals surface area contributed by atoms with Crippen molar-refractivity contribution in [2.45, 2.75) is 20.3 Å². The fourth-order valence-corrected chi connectivity index (χ4v) is 2.75. The predicted molar refractivity (Wildman–Crippen MR) is 112 cm³/mol. The zero-order chi connectivity index (χ0) is 19.8. The van der Waals surface area contributed by atoms with E-state index in [0.29, 0.717) is 18.8 Å². The molecular weight excluding hydrogens is 350 g/mol. The molecule has 0 unspecified atom stereocenters. The molecule has 3 aromatic rings. The topological polar surface area (TPSA) is 47.6 Å². The molecule has 1 amide bonds. The number of carbonyl (C=O) groups excluding carboxylic acids is 1. The zero-order valence-corrected chi connectivity index (χ0v) is 16.3. The van der Waals surface area contributed by atoms with Crippen molar-refractivity contribution in [3.8, 4) is 11.5 Å². The van der Waals surface area contributed by atoms with Gasteiger partial charge in [0.2, 0.25) is 0 Å². The van der Waals surface area contributed by atoms with Gasteiger partial charge in [0.1, 0.15) is 11.5 Å². The minimum Gasteiger partial charge on any atom is -0.493 e. The van der Waals surface area contributed by atoms with Crippen molar-refractivity contribution in [3.63, 3.8) is 0 Å². The molecule has 144 valence electrons. The summed E-state index contributed by atoms with van der Waals surface area (Å²) in [6.07, 6.45) is 0.781. The molecule has 0 aromatic heterocycles. The van der Waals surface area contributed by atoms with Gasteiger partial charge in [-0.3, -0.25) is 4.79 Å². The van der Waals surface area contributed by atoms with Crippen LogP contribution in [0, 0.1) is 13.8 Å². The van der Waals surface area contributed by atoms with Gasteiger partial charge in [-0.1, -0.05) is 30.3 Å². The lowest BCUT2D eigenvalue weighted by atomic mass is 10.1. The minimum absolute atomic E-state index is 0.132. The number of rotatable bonds is 8. The van der Waals surface area contributed by atoms with E-state index in [0.717, 1.165) is 29.2 Å². The van der Waals surface area contributed by atoms with Crippen molar-refractivity contribution in [1.29, 1.82) is 0 Å². The van der Waals surface area contributed by atoms with E-state index in [1.165, 1.54) is 5.56 Å². The maximum absolute atomic E-state index is 12.4. The summed E-state index contributed by atoms with van der Waals surface area (Å²) in [5.74, 6) is 1.49. The molecule has 1 N–H and O–H groups in total. The Morgan fingerprint density at radius 3 is 2.25 bits per heavy atom. The van der Waals surface area contributed by atoms with Gasteiger partial charge >= 0.3 is 0 Å². The molecule has 0 saturated carbocycles. The summed E-state index contributed by atoms with van der Waals surface area (Å²) >= 11 is 0. The number of nitrogens with one attached hydrogen (secondary N) is 1. The highest BCUT2D eigenvalue weighted by atomic mass is 16.5. The summed E-state index contributed by atoms with van der Waals surface area (Å²) in [7, 11) is 0. The van der Waals surface area contributed by atoms with Crippen LogP contribution in [0.4, 0.5) is 5.69 Å². The van der Waals surface area contributed by atoms with Crippen molar-refractivity contribution in [2.24, 2.45) is 0 Å². The number of anilines is 1. The number of ether oxygens (including phenoxy) is 2. The second kappa shape index (κ2) is 9.60. The lowest BCUT2D eigenvalue weighted by Gasteiger charge is -2.10. The van der Waals surface area contributed by atoms with E-state index < -0.39 is 0 Å². The van der Waals surface area contributed by atoms with E-state index >= 15 is 0 Å². The molecule has 3 aromatic carbocycles. The predicted octanol–water partition coefficient (Wildman–Crippen LogP) is 5.40. The van der Waals surface area contributed by atoms with Gasteiger partial charge in [0.05, 0.1) is 13.2 Å². The van der Waals surface area contributed by atoms with Crippen molar-refractivity contribution >= 4 is 11.6 Å². The first-order chi connectivity index (χ1) is 13.6. The largest absolute Gasteiger partial charge is 0.493 e. The Hall–Kier alpha value is -3.27. The summed E-state index contributed by atoms with van der Waals surface area (Å²) in [5, 5.41) is 2.93. The van der Waals surface area contributed by atoms with Crippen molar-refractivity contribution in [1.82, 2.24) is 0 Å². The third-order valence-electron chi connectivity index (χ3n) is 4.33. The molecule has 28 heavy (non-hydrogen) atoms. The van der Waals surface area contributed by atoms with E-state index in [1.807, 2.05) is 74.5 Å². The average Bonchev–Trinajstić information content (AvgIpc) is 2.70. The number of hydrogen-bond acceptors (Lipinski definition) is 3. The van der Waals surface area contributed by atoms with Gasteiger partial charge in [0.15, 0.2) is 0 Å². The second-order valence-electron chi connectivity index (χ2n) is 6.66. The van der Waals surface area contributed by atoms with Gasteiger partial charge in [-0.05, 0) is 67.4 Å². The highest BCUT2D eigenvalue weighted by Crippen LogP contribution is 2.17. The molecular formula is C24H25NO3. The maximum Gasteiger partial charge on any atom is 0.255 e. The molecule has 3 rings (SSSR count). The number of benzene rings is 3. The Morgan fingerprint density at radius 1 is 0.821 bits per heavy atom. The highest BCUT2D eigenvalue weighted by molar-refractivity contribution is 6.04. The van der Waals surface area contributed by atoms with Crippen LogP contribution in [-0.2, 0) is 0 Å². The minimum atomic E-state index is -0.132. The molecule has 0 aliphatic heterocycles. The van der Waals surface area contributed by atoms with Gasteiger partial charge in [0, 0.05) is 17.7 Å². The molecule has 4 heteroatoms. The number of amides is 1. The second-order valence-corrected chi connectivity index (χ2v) is 6.66. The number of para-hydroxylation sites is 1. The van der Waals surface area contributed by atoms with Gasteiger partial charge < -0.3 is 14.8 Å². The summed E-state index contributed by atoms with van der Waals surface area (Å²) in [4.78, 5) is 12.4. The third-order valence-corrected chi connectivity index (χ3v) is 4.33. The van der Waals surface area contributed by atoms with Gasteiger partial charge in [-0.25, -0.2) is 0 Å². The fourth-order valence-electron chi connectivity index (χ4n) is 2.75. The van der Waals surface area contributed by atoms with E-state index in [2.05, 4.69) is 5.32 Å². The highest BCUT2D eigenvalue weighted by Gasteiger charge is 2.07. The standard InChI is InChI=1S/C24H25NO3/c1-18-7-5-9-22(17-18)28-16-6-15-27-21-13-11-20(12-14-21)24(26)25-23-10-4-3-8-19(23)2/h3-5,7-14,17H,6,15-16H2,1-2H3,(H,25,26). The first-order valence-electron chi connectivity index (χ1n) is 9.41. The van der Waals surface area contributed by atoms with Crippen LogP contribution in [0.1, 0.15) is 27.9 Å². The number of aryl methyl sites for hydroxylation is 2. The smallest absolute Gasteiger partial charge is 0.255 e. The van der Waals surface area contributed by atoms with Crippen LogP contribution in [0.15, 0.2) is 72.8 Å². The molecule has 0 bridgehead atoms. The van der Waals surface area contributed by atoms with Crippen LogP contribution >= 0.6 is 0 Å². The molecule has 0 aliphatic carbocycles. The van der Waals surface area contributed by atoms with Crippen LogP contribution in [-0.4, -0.2) is 19.1 Å². The van der Waals surface area contributed by atoms with Gasteiger partial charge in [-0.15, -0.1) is 0 Å². The Bertz CT molecular complexity index is 919. The van der Waals surface area contributed by atoms with Crippen LogP contribution in [0.5, 0.6) is 11.5 Å². The van der Waals surface area contributed by atoms with Crippen LogP contribution in [0.3, 0.4) is 0 Å². The van der Waals surface area contributed by atoms with Crippen molar-refractivity contribution in [3.05, 3.63) is 89.5 Å². The first kappa shape index (κ1) is 19.5. The molecule has 4 nitrogen and oxygen atoms in total. The number of carbonyl (C=O) groups is 1. The molecule has 0 saturated heterocycles. The molecule has 0 radical (unpaired) electrons. The molecule has 0 spiro atoms. The van der Waals surface area contributed by atoms with Crippen molar-refractivity contribution < 1.29 is 14.3 Å². The molecule has 0 heterocycles. The Labute approximate surface area is 166 Å². The maximum atomic E-state index is 12.4. The third kappa shape index (κ3) is 5.61. The first-order valence-corrected chi connectivity index (χ1v) is 9.41. The quantitative estimate of drug-likeness (QED) is 0.536. The van der Waals surface area contributed by atoms with E-state index in [9.17, 15) is 4.79 Å². The lowest BCUT2D eigenvalue weighted by Crippen LogP contribution is -2.12. The van der Waals surface area contributed by atoms with Gasteiger partial charge in [0.25, 0.3) is 5.91 Å². The summed E-state index contributed by atoms with van der Waals surface area (Å²) in [6.45, 7) is 5.16. The summed E-state index contributed by atoms with van der Waals surface area (Å²) < 4.78 is 11.4. The van der Waals surface area contributed by atoms with Crippen molar-refractivity contribution in [2.75, 3.05) is 18.5 Å². The normalized spacial score (nSPS) is 10.4. The monoisotopic (exact) mass is 375 g/mol. The average molecular weight is 375 g/mol. The fraction of sp³-hybridized carbons (Fsp3) is 0.208. The van der Waals surface area contributed by atoms with E-state index in [4.69, 9.17) is 9.47 Å². The van der Waals surface area contributed by atoms with Gasteiger partial charge in [-0.2, -0.15) is 0 Å². The molecule has 0 aliphatic rings. The van der Waals surface area contributed by atoms with E-state index in [1.54, 1.807) is 12.1 Å². The van der Waals surface area contributed by atoms with E-state index in [-0.39, 0.29) is 5.91 Å². The summed E-state index contributed by atoms with van der Waals surface area (Å²) in [6, 6.07) is 22.9. The Balaban J connectivity index is 1.43. The Kier molecular flexibility index (Phi) is 6.68. The SMILES string of the molecule is Cc1cccc(OCCCOc2ccc(C(=O)Nc3ccccc3C)cc2)c1. The zero-order valence-electron chi connectivity index (χ0n) is 16.3.